The van der Waals surface area contributed by atoms with Gasteiger partial charge >= 0.3 is 12.1 Å². The number of alkyl halides is 3. The SMILES string of the molecule is COC(=O)C(C)(CC(C)OCCCC(F)(F)F)NC1CC1. The van der Waals surface area contributed by atoms with Crippen molar-refractivity contribution >= 4 is 5.97 Å². The molecule has 7 heteroatoms. The minimum Gasteiger partial charge on any atom is -0.468 e. The van der Waals surface area contributed by atoms with Crippen molar-refractivity contribution in [3.8, 4) is 0 Å². The summed E-state index contributed by atoms with van der Waals surface area (Å²) in [6, 6.07) is 0.312. The lowest BCUT2D eigenvalue weighted by Crippen LogP contribution is -2.53. The third-order valence-corrected chi connectivity index (χ3v) is 3.44. The molecule has 1 fully saturated rings. The first-order valence-corrected chi connectivity index (χ1v) is 7.21. The van der Waals surface area contributed by atoms with E-state index in [1.54, 1.807) is 13.8 Å². The van der Waals surface area contributed by atoms with Gasteiger partial charge in [-0.1, -0.05) is 0 Å². The molecule has 0 heterocycles. The monoisotopic (exact) mass is 311 g/mol. The van der Waals surface area contributed by atoms with E-state index in [0.717, 1.165) is 12.8 Å². The molecule has 0 bridgehead atoms. The van der Waals surface area contributed by atoms with Gasteiger partial charge in [-0.2, -0.15) is 13.2 Å². The number of halogens is 3. The van der Waals surface area contributed by atoms with Gasteiger partial charge in [0.25, 0.3) is 0 Å². The number of methoxy groups -OCH3 is 1. The van der Waals surface area contributed by atoms with Gasteiger partial charge in [-0.15, -0.1) is 0 Å². The molecule has 0 aromatic rings. The van der Waals surface area contributed by atoms with Gasteiger partial charge in [0.2, 0.25) is 0 Å². The minimum atomic E-state index is -4.15. The quantitative estimate of drug-likeness (QED) is 0.525. The topological polar surface area (TPSA) is 47.6 Å². The highest BCUT2D eigenvalue weighted by Gasteiger charge is 2.40. The van der Waals surface area contributed by atoms with E-state index in [2.05, 4.69) is 5.32 Å². The van der Waals surface area contributed by atoms with Crippen molar-refractivity contribution < 1.29 is 27.4 Å². The fraction of sp³-hybridized carbons (Fsp3) is 0.929. The van der Waals surface area contributed by atoms with Crippen molar-refractivity contribution in [1.82, 2.24) is 5.32 Å². The predicted molar refractivity (Wildman–Crippen MR) is 71.9 cm³/mol. The van der Waals surface area contributed by atoms with E-state index in [0.29, 0.717) is 12.5 Å². The first-order valence-electron chi connectivity index (χ1n) is 7.21. The smallest absolute Gasteiger partial charge is 0.389 e. The molecule has 2 unspecified atom stereocenters. The Balaban J connectivity index is 2.37. The van der Waals surface area contributed by atoms with E-state index in [1.165, 1.54) is 7.11 Å². The van der Waals surface area contributed by atoms with Gasteiger partial charge in [0, 0.05) is 25.5 Å². The molecular weight excluding hydrogens is 287 g/mol. The first kappa shape index (κ1) is 18.2. The highest BCUT2D eigenvalue weighted by atomic mass is 19.4. The van der Waals surface area contributed by atoms with Gasteiger partial charge in [-0.25, -0.2) is 0 Å². The van der Waals surface area contributed by atoms with Crippen molar-refractivity contribution in [2.75, 3.05) is 13.7 Å². The van der Waals surface area contributed by atoms with E-state index >= 15 is 0 Å². The summed E-state index contributed by atoms with van der Waals surface area (Å²) in [4.78, 5) is 11.9. The Labute approximate surface area is 123 Å². The van der Waals surface area contributed by atoms with E-state index in [1.807, 2.05) is 0 Å². The van der Waals surface area contributed by atoms with Crippen LogP contribution >= 0.6 is 0 Å². The second kappa shape index (κ2) is 7.45. The van der Waals surface area contributed by atoms with E-state index in [-0.39, 0.29) is 25.1 Å². The van der Waals surface area contributed by atoms with Crippen LogP contribution in [0.25, 0.3) is 0 Å². The maximum atomic E-state index is 12.0. The van der Waals surface area contributed by atoms with Gasteiger partial charge in [-0.05, 0) is 33.1 Å². The summed E-state index contributed by atoms with van der Waals surface area (Å²) >= 11 is 0. The molecule has 0 aliphatic heterocycles. The van der Waals surface area contributed by atoms with Crippen LogP contribution in [-0.4, -0.2) is 43.5 Å². The summed E-state index contributed by atoms with van der Waals surface area (Å²) in [5.74, 6) is -0.375. The Kier molecular flexibility index (Phi) is 6.46. The van der Waals surface area contributed by atoms with Gasteiger partial charge in [-0.3, -0.25) is 10.1 Å². The zero-order valence-electron chi connectivity index (χ0n) is 12.8. The molecule has 1 saturated carbocycles. The number of carbonyl (C=O) groups excluding carboxylic acids is 1. The number of nitrogens with one attached hydrogen (secondary N) is 1. The number of hydrogen-bond donors (Lipinski definition) is 1. The Hall–Kier alpha value is -0.820. The molecular formula is C14H24F3NO3. The third kappa shape index (κ3) is 7.13. The zero-order chi connectivity index (χ0) is 16.1. The summed E-state index contributed by atoms with van der Waals surface area (Å²) < 4.78 is 46.3. The van der Waals surface area contributed by atoms with Crippen LogP contribution in [0.15, 0.2) is 0 Å². The molecule has 21 heavy (non-hydrogen) atoms. The van der Waals surface area contributed by atoms with Gasteiger partial charge in [0.15, 0.2) is 0 Å². The largest absolute Gasteiger partial charge is 0.468 e. The molecule has 0 aromatic heterocycles. The van der Waals surface area contributed by atoms with Crippen LogP contribution in [0.2, 0.25) is 0 Å². The van der Waals surface area contributed by atoms with Crippen molar-refractivity contribution in [3.63, 3.8) is 0 Å². The number of esters is 1. The number of carbonyl (C=O) groups is 1. The normalized spacial score (nSPS) is 19.9. The van der Waals surface area contributed by atoms with E-state index < -0.39 is 18.1 Å². The molecule has 124 valence electrons. The molecule has 0 amide bonds. The molecule has 0 saturated heterocycles. The Morgan fingerprint density at radius 2 is 2.00 bits per heavy atom. The fourth-order valence-electron chi connectivity index (χ4n) is 2.30. The van der Waals surface area contributed by atoms with Crippen LogP contribution in [0.5, 0.6) is 0 Å². The predicted octanol–water partition coefficient (Wildman–Crippen LogP) is 2.81. The second-order valence-electron chi connectivity index (χ2n) is 5.85. The number of hydrogen-bond acceptors (Lipinski definition) is 4. The lowest BCUT2D eigenvalue weighted by atomic mass is 9.94. The maximum absolute atomic E-state index is 12.0. The van der Waals surface area contributed by atoms with Gasteiger partial charge in [0.1, 0.15) is 5.54 Å². The Morgan fingerprint density at radius 3 is 2.48 bits per heavy atom. The summed E-state index contributed by atoms with van der Waals surface area (Å²) in [5, 5.41) is 3.23. The lowest BCUT2D eigenvalue weighted by molar-refractivity contribution is -0.150. The summed E-state index contributed by atoms with van der Waals surface area (Å²) in [6.07, 6.45) is -3.00. The van der Waals surface area contributed by atoms with Crippen molar-refractivity contribution in [3.05, 3.63) is 0 Å². The van der Waals surface area contributed by atoms with Crippen molar-refractivity contribution in [1.29, 1.82) is 0 Å². The van der Waals surface area contributed by atoms with Crippen LogP contribution in [0.4, 0.5) is 13.2 Å². The average molecular weight is 311 g/mol. The fourth-order valence-corrected chi connectivity index (χ4v) is 2.30. The van der Waals surface area contributed by atoms with Gasteiger partial charge in [0.05, 0.1) is 13.2 Å². The number of rotatable bonds is 9. The van der Waals surface area contributed by atoms with Crippen LogP contribution in [0.3, 0.4) is 0 Å². The maximum Gasteiger partial charge on any atom is 0.389 e. The molecule has 0 radical (unpaired) electrons. The van der Waals surface area contributed by atoms with Crippen LogP contribution < -0.4 is 5.32 Å². The molecule has 0 spiro atoms. The molecule has 0 aromatic carbocycles. The zero-order valence-corrected chi connectivity index (χ0v) is 12.8. The minimum absolute atomic E-state index is 0.0291. The molecule has 1 rings (SSSR count). The molecule has 1 aliphatic rings. The Bertz CT molecular complexity index is 345. The second-order valence-corrected chi connectivity index (χ2v) is 5.85. The van der Waals surface area contributed by atoms with Gasteiger partial charge < -0.3 is 9.47 Å². The summed E-state index contributed by atoms with van der Waals surface area (Å²) in [6.45, 7) is 3.53. The third-order valence-electron chi connectivity index (χ3n) is 3.44. The van der Waals surface area contributed by atoms with Crippen molar-refractivity contribution in [2.24, 2.45) is 0 Å². The molecule has 1 aliphatic carbocycles. The van der Waals surface area contributed by atoms with Crippen LogP contribution in [0, 0.1) is 0 Å². The molecule has 2 atom stereocenters. The highest BCUT2D eigenvalue weighted by molar-refractivity contribution is 5.80. The van der Waals surface area contributed by atoms with E-state index in [4.69, 9.17) is 9.47 Å². The number of ether oxygens (including phenoxy) is 2. The first-order chi connectivity index (χ1) is 9.66. The summed E-state index contributed by atoms with van der Waals surface area (Å²) in [7, 11) is 1.32. The lowest BCUT2D eigenvalue weighted by Gasteiger charge is -2.30. The van der Waals surface area contributed by atoms with Crippen molar-refractivity contribution in [2.45, 2.75) is 69.8 Å². The standard InChI is InChI=1S/C14H24F3NO3/c1-10(21-8-4-7-14(15,16)17)9-13(2,12(19)20-3)18-11-5-6-11/h10-11,18H,4-9H2,1-3H3. The summed E-state index contributed by atoms with van der Waals surface area (Å²) in [5.41, 5.74) is -0.862. The van der Waals surface area contributed by atoms with E-state index in [9.17, 15) is 18.0 Å². The van der Waals surface area contributed by atoms with Crippen LogP contribution in [-0.2, 0) is 14.3 Å². The average Bonchev–Trinajstić information content (AvgIpc) is 3.16. The highest BCUT2D eigenvalue weighted by Crippen LogP contribution is 2.26. The molecule has 1 N–H and O–H groups in total. The van der Waals surface area contributed by atoms with Crippen LogP contribution in [0.1, 0.15) is 46.0 Å². The Morgan fingerprint density at radius 1 is 1.38 bits per heavy atom. The molecule has 4 nitrogen and oxygen atoms in total.